The van der Waals surface area contributed by atoms with Gasteiger partial charge >= 0.3 is 0 Å². The second-order valence-corrected chi connectivity index (χ2v) is 7.04. The van der Waals surface area contributed by atoms with E-state index in [2.05, 4.69) is 17.6 Å². The summed E-state index contributed by atoms with van der Waals surface area (Å²) in [5, 5.41) is 16.5. The van der Waals surface area contributed by atoms with Gasteiger partial charge < -0.3 is 15.7 Å². The summed E-state index contributed by atoms with van der Waals surface area (Å²) >= 11 is 0. The van der Waals surface area contributed by atoms with Gasteiger partial charge in [-0.3, -0.25) is 4.79 Å². The molecule has 5 heteroatoms. The summed E-state index contributed by atoms with van der Waals surface area (Å²) in [6.07, 6.45) is 2.50. The topological polar surface area (TPSA) is 61.4 Å². The third kappa shape index (κ3) is 5.87. The van der Waals surface area contributed by atoms with Crippen LogP contribution < -0.4 is 10.6 Å². The quantitative estimate of drug-likeness (QED) is 0.717. The van der Waals surface area contributed by atoms with Crippen LogP contribution in [0.2, 0.25) is 0 Å². The van der Waals surface area contributed by atoms with Crippen molar-refractivity contribution in [3.8, 4) is 0 Å². The molecular weight excluding hydrogens is 307 g/mol. The fourth-order valence-corrected chi connectivity index (χ4v) is 3.42. The van der Waals surface area contributed by atoms with E-state index in [0.29, 0.717) is 30.2 Å². The van der Waals surface area contributed by atoms with Gasteiger partial charge in [0.15, 0.2) is 0 Å². The summed E-state index contributed by atoms with van der Waals surface area (Å²) in [6, 6.07) is 5.70. The lowest BCUT2D eigenvalue weighted by molar-refractivity contribution is -0.123. The Balaban J connectivity index is 1.75. The zero-order chi connectivity index (χ0) is 17.5. The SMILES string of the molecule is CC(CC(O)c1ccc(F)cc1)NC(=O)CC(C)C1CCNCC1. The third-order valence-corrected chi connectivity index (χ3v) is 4.93. The van der Waals surface area contributed by atoms with E-state index in [1.807, 2.05) is 6.92 Å². The Morgan fingerprint density at radius 2 is 1.92 bits per heavy atom. The highest BCUT2D eigenvalue weighted by molar-refractivity contribution is 5.76. The zero-order valence-corrected chi connectivity index (χ0v) is 14.6. The molecule has 1 amide bonds. The maximum Gasteiger partial charge on any atom is 0.220 e. The highest BCUT2D eigenvalue weighted by atomic mass is 19.1. The molecule has 1 aliphatic heterocycles. The molecule has 0 bridgehead atoms. The highest BCUT2D eigenvalue weighted by Crippen LogP contribution is 2.24. The molecule has 3 unspecified atom stereocenters. The van der Waals surface area contributed by atoms with E-state index in [-0.39, 0.29) is 17.8 Å². The van der Waals surface area contributed by atoms with Gasteiger partial charge in [0.05, 0.1) is 6.10 Å². The number of rotatable bonds is 7. The van der Waals surface area contributed by atoms with Crippen LogP contribution in [0.3, 0.4) is 0 Å². The van der Waals surface area contributed by atoms with Crippen molar-refractivity contribution in [3.63, 3.8) is 0 Å². The van der Waals surface area contributed by atoms with Crippen LogP contribution in [0.5, 0.6) is 0 Å². The Morgan fingerprint density at radius 3 is 2.54 bits per heavy atom. The van der Waals surface area contributed by atoms with Gasteiger partial charge in [0, 0.05) is 12.5 Å². The average Bonchev–Trinajstić information content (AvgIpc) is 2.55. The van der Waals surface area contributed by atoms with E-state index in [0.717, 1.165) is 25.9 Å². The van der Waals surface area contributed by atoms with Gasteiger partial charge in [-0.2, -0.15) is 0 Å². The predicted molar refractivity (Wildman–Crippen MR) is 93.0 cm³/mol. The van der Waals surface area contributed by atoms with E-state index in [9.17, 15) is 14.3 Å². The number of aliphatic hydroxyl groups excluding tert-OH is 1. The number of amides is 1. The normalized spacial score (nSPS) is 19.5. The maximum atomic E-state index is 12.9. The van der Waals surface area contributed by atoms with E-state index in [1.165, 1.54) is 12.1 Å². The molecule has 0 radical (unpaired) electrons. The van der Waals surface area contributed by atoms with Crippen molar-refractivity contribution in [2.75, 3.05) is 13.1 Å². The van der Waals surface area contributed by atoms with Crippen LogP contribution in [0.25, 0.3) is 0 Å². The van der Waals surface area contributed by atoms with Crippen LogP contribution in [-0.4, -0.2) is 30.1 Å². The lowest BCUT2D eigenvalue weighted by Crippen LogP contribution is -2.37. The van der Waals surface area contributed by atoms with E-state index in [1.54, 1.807) is 12.1 Å². The molecule has 1 aliphatic rings. The van der Waals surface area contributed by atoms with Crippen LogP contribution >= 0.6 is 0 Å². The molecule has 2 rings (SSSR count). The summed E-state index contributed by atoms with van der Waals surface area (Å²) in [5.74, 6) is 0.706. The molecule has 3 atom stereocenters. The van der Waals surface area contributed by atoms with Crippen LogP contribution in [0, 0.1) is 17.7 Å². The highest BCUT2D eigenvalue weighted by Gasteiger charge is 2.23. The number of nitrogens with one attached hydrogen (secondary N) is 2. The van der Waals surface area contributed by atoms with E-state index in [4.69, 9.17) is 0 Å². The van der Waals surface area contributed by atoms with Gasteiger partial charge in [-0.05, 0) is 68.8 Å². The second kappa shape index (κ2) is 9.14. The molecule has 0 aromatic heterocycles. The number of benzene rings is 1. The molecule has 134 valence electrons. The number of hydrogen-bond acceptors (Lipinski definition) is 3. The molecule has 0 spiro atoms. The molecular formula is C19H29FN2O2. The van der Waals surface area contributed by atoms with Gasteiger partial charge in [-0.15, -0.1) is 0 Å². The first-order valence-electron chi connectivity index (χ1n) is 8.89. The number of aliphatic hydroxyl groups is 1. The minimum absolute atomic E-state index is 0.0415. The van der Waals surface area contributed by atoms with Crippen LogP contribution in [0.4, 0.5) is 4.39 Å². The fraction of sp³-hybridized carbons (Fsp3) is 0.632. The Hall–Kier alpha value is -1.46. The van der Waals surface area contributed by atoms with Crippen molar-refractivity contribution in [2.45, 2.75) is 51.7 Å². The number of hydrogen-bond donors (Lipinski definition) is 3. The van der Waals surface area contributed by atoms with Crippen LogP contribution in [0.1, 0.15) is 51.2 Å². The van der Waals surface area contributed by atoms with Gasteiger partial charge in [-0.1, -0.05) is 19.1 Å². The first-order valence-corrected chi connectivity index (χ1v) is 8.89. The third-order valence-electron chi connectivity index (χ3n) is 4.93. The van der Waals surface area contributed by atoms with Crippen molar-refractivity contribution in [1.82, 2.24) is 10.6 Å². The summed E-state index contributed by atoms with van der Waals surface area (Å²) in [7, 11) is 0. The Kier molecular flexibility index (Phi) is 7.18. The summed E-state index contributed by atoms with van der Waals surface area (Å²) in [5.41, 5.74) is 0.667. The molecule has 0 aliphatic carbocycles. The van der Waals surface area contributed by atoms with Crippen molar-refractivity contribution < 1.29 is 14.3 Å². The first kappa shape index (κ1) is 18.9. The number of carbonyl (C=O) groups excluding carboxylic acids is 1. The minimum atomic E-state index is -0.706. The molecule has 24 heavy (non-hydrogen) atoms. The molecule has 0 saturated carbocycles. The molecule has 3 N–H and O–H groups in total. The van der Waals surface area contributed by atoms with Gasteiger partial charge in [0.1, 0.15) is 5.82 Å². The Bertz CT molecular complexity index is 515. The van der Waals surface area contributed by atoms with Gasteiger partial charge in [-0.25, -0.2) is 4.39 Å². The Morgan fingerprint density at radius 1 is 1.29 bits per heavy atom. The number of carbonyl (C=O) groups is 1. The average molecular weight is 336 g/mol. The fourth-order valence-electron chi connectivity index (χ4n) is 3.42. The molecule has 1 aromatic carbocycles. The lowest BCUT2D eigenvalue weighted by atomic mass is 9.84. The first-order chi connectivity index (χ1) is 11.5. The molecule has 1 fully saturated rings. The largest absolute Gasteiger partial charge is 0.388 e. The van der Waals surface area contributed by atoms with Crippen molar-refractivity contribution in [3.05, 3.63) is 35.6 Å². The van der Waals surface area contributed by atoms with Crippen molar-refractivity contribution in [2.24, 2.45) is 11.8 Å². The molecule has 1 aromatic rings. The summed E-state index contributed by atoms with van der Waals surface area (Å²) < 4.78 is 12.9. The lowest BCUT2D eigenvalue weighted by Gasteiger charge is -2.28. The predicted octanol–water partition coefficient (Wildman–Crippen LogP) is 2.78. The summed E-state index contributed by atoms with van der Waals surface area (Å²) in [4.78, 5) is 12.2. The summed E-state index contributed by atoms with van der Waals surface area (Å²) in [6.45, 7) is 6.11. The smallest absolute Gasteiger partial charge is 0.220 e. The maximum absolute atomic E-state index is 12.9. The Labute approximate surface area is 143 Å². The van der Waals surface area contributed by atoms with E-state index < -0.39 is 6.10 Å². The van der Waals surface area contributed by atoms with Crippen molar-refractivity contribution >= 4 is 5.91 Å². The van der Waals surface area contributed by atoms with Crippen LogP contribution in [0.15, 0.2) is 24.3 Å². The van der Waals surface area contributed by atoms with Gasteiger partial charge in [0.25, 0.3) is 0 Å². The van der Waals surface area contributed by atoms with E-state index >= 15 is 0 Å². The standard InChI is InChI=1S/C19H29FN2O2/c1-13(15-7-9-21-10-8-15)11-19(24)22-14(2)12-18(23)16-3-5-17(20)6-4-16/h3-6,13-15,18,21,23H,7-12H2,1-2H3,(H,22,24). The molecule has 1 saturated heterocycles. The zero-order valence-electron chi connectivity index (χ0n) is 14.6. The number of halogens is 1. The van der Waals surface area contributed by atoms with Crippen LogP contribution in [-0.2, 0) is 4.79 Å². The number of piperidine rings is 1. The second-order valence-electron chi connectivity index (χ2n) is 7.04. The molecule has 4 nitrogen and oxygen atoms in total. The minimum Gasteiger partial charge on any atom is -0.388 e. The van der Waals surface area contributed by atoms with Gasteiger partial charge in [0.2, 0.25) is 5.91 Å². The molecule has 1 heterocycles. The van der Waals surface area contributed by atoms with Crippen molar-refractivity contribution in [1.29, 1.82) is 0 Å². The monoisotopic (exact) mass is 336 g/mol.